The van der Waals surface area contributed by atoms with E-state index in [1.54, 1.807) is 13.2 Å². The van der Waals surface area contributed by atoms with Gasteiger partial charge in [-0.3, -0.25) is 4.79 Å². The van der Waals surface area contributed by atoms with Crippen LogP contribution in [0, 0.1) is 0 Å². The summed E-state index contributed by atoms with van der Waals surface area (Å²) in [5, 5.41) is 0. The highest BCUT2D eigenvalue weighted by molar-refractivity contribution is 6.00. The highest BCUT2D eigenvalue weighted by Gasteiger charge is 2.20. The van der Waals surface area contributed by atoms with Crippen LogP contribution in [0.3, 0.4) is 0 Å². The summed E-state index contributed by atoms with van der Waals surface area (Å²) in [7, 11) is 1.67. The highest BCUT2D eigenvalue weighted by Crippen LogP contribution is 2.29. The highest BCUT2D eigenvalue weighted by atomic mass is 16.5. The fourth-order valence-corrected chi connectivity index (χ4v) is 2.44. The Labute approximate surface area is 120 Å². The molecule has 0 aliphatic carbocycles. The first kappa shape index (κ1) is 16.3. The molecule has 1 aromatic carbocycles. The Morgan fingerprint density at radius 2 is 2.00 bits per heavy atom. The van der Waals surface area contributed by atoms with E-state index in [2.05, 4.69) is 18.7 Å². The Balaban J connectivity index is 3.19. The number of primary amides is 1. The zero-order valence-corrected chi connectivity index (χ0v) is 12.6. The molecule has 0 heterocycles. The van der Waals surface area contributed by atoms with Crippen LogP contribution >= 0.6 is 0 Å². The quantitative estimate of drug-likeness (QED) is 0.713. The van der Waals surface area contributed by atoms with Crippen molar-refractivity contribution in [2.24, 2.45) is 5.73 Å². The van der Waals surface area contributed by atoms with Crippen LogP contribution in [-0.2, 0) is 4.74 Å². The van der Waals surface area contributed by atoms with Gasteiger partial charge >= 0.3 is 0 Å². The molecule has 5 heteroatoms. The number of nitrogens with zero attached hydrogens (tertiary/aromatic N) is 1. The number of ether oxygens (including phenoxy) is 1. The molecule has 0 bridgehead atoms. The average Bonchev–Trinajstić information content (AvgIpc) is 2.44. The van der Waals surface area contributed by atoms with Crippen LogP contribution in [0.2, 0.25) is 0 Å². The van der Waals surface area contributed by atoms with Crippen LogP contribution in [0.1, 0.15) is 37.0 Å². The number of rotatable bonds is 8. The van der Waals surface area contributed by atoms with E-state index >= 15 is 0 Å². The van der Waals surface area contributed by atoms with Crippen molar-refractivity contribution in [2.75, 3.05) is 30.9 Å². The Morgan fingerprint density at radius 1 is 1.35 bits per heavy atom. The second kappa shape index (κ2) is 7.75. The smallest absolute Gasteiger partial charge is 0.250 e. The molecule has 0 fully saturated rings. The Kier molecular flexibility index (Phi) is 6.31. The monoisotopic (exact) mass is 279 g/mol. The average molecular weight is 279 g/mol. The first-order valence-corrected chi connectivity index (χ1v) is 7.00. The van der Waals surface area contributed by atoms with Crippen molar-refractivity contribution < 1.29 is 9.53 Å². The molecular formula is C15H25N3O2. The molecular weight excluding hydrogens is 254 g/mol. The number of anilines is 2. The largest absolute Gasteiger partial charge is 0.396 e. The first-order valence-electron chi connectivity index (χ1n) is 7.00. The van der Waals surface area contributed by atoms with Crippen LogP contribution in [0.25, 0.3) is 0 Å². The normalized spacial score (nSPS) is 10.8. The third-order valence-electron chi connectivity index (χ3n) is 3.58. The first-order chi connectivity index (χ1) is 9.56. The second-order valence-electron chi connectivity index (χ2n) is 4.76. The third-order valence-corrected chi connectivity index (χ3v) is 3.58. The summed E-state index contributed by atoms with van der Waals surface area (Å²) in [5.74, 6) is -0.499. The molecule has 0 aromatic heterocycles. The molecule has 1 rings (SSSR count). The molecule has 0 radical (unpaired) electrons. The summed E-state index contributed by atoms with van der Waals surface area (Å²) in [4.78, 5) is 13.6. The summed E-state index contributed by atoms with van der Waals surface area (Å²) in [5.41, 5.74) is 13.2. The zero-order valence-electron chi connectivity index (χ0n) is 12.6. The molecule has 0 spiro atoms. The molecule has 0 aliphatic rings. The van der Waals surface area contributed by atoms with Gasteiger partial charge in [0.1, 0.15) is 0 Å². The number of carbonyl (C=O) groups excluding carboxylic acids is 1. The molecule has 4 N–H and O–H groups in total. The van der Waals surface area contributed by atoms with Crippen LogP contribution in [-0.4, -0.2) is 32.2 Å². The fourth-order valence-electron chi connectivity index (χ4n) is 2.44. The van der Waals surface area contributed by atoms with E-state index in [1.807, 2.05) is 12.1 Å². The predicted molar refractivity (Wildman–Crippen MR) is 83.0 cm³/mol. The fraction of sp³-hybridized carbons (Fsp3) is 0.533. The number of para-hydroxylation sites is 1. The van der Waals surface area contributed by atoms with Crippen molar-refractivity contribution in [3.8, 4) is 0 Å². The predicted octanol–water partition coefficient (Wildman–Crippen LogP) is 2.01. The van der Waals surface area contributed by atoms with Gasteiger partial charge in [0.15, 0.2) is 0 Å². The van der Waals surface area contributed by atoms with Crippen molar-refractivity contribution >= 4 is 17.3 Å². The summed E-state index contributed by atoms with van der Waals surface area (Å²) in [6, 6.07) is 5.75. The van der Waals surface area contributed by atoms with Crippen LogP contribution in [0.15, 0.2) is 18.2 Å². The van der Waals surface area contributed by atoms with Crippen LogP contribution < -0.4 is 16.4 Å². The molecule has 0 aliphatic heterocycles. The van der Waals surface area contributed by atoms with E-state index in [1.165, 1.54) is 0 Å². The molecule has 0 atom stereocenters. The summed E-state index contributed by atoms with van der Waals surface area (Å²) in [6.45, 7) is 5.62. The SMILES string of the molecule is CCC(CC)N(CCOC)c1cccc(C(N)=O)c1N. The lowest BCUT2D eigenvalue weighted by Crippen LogP contribution is -2.37. The standard InChI is InChI=1S/C15H25N3O2/c1-4-11(5-2)18(9-10-20-3)13-8-6-7-12(14(13)16)15(17)19/h6-8,11H,4-5,9-10,16H2,1-3H3,(H2,17,19). The number of benzene rings is 1. The third kappa shape index (κ3) is 3.63. The Bertz CT molecular complexity index is 445. The number of carbonyl (C=O) groups is 1. The van der Waals surface area contributed by atoms with Gasteiger partial charge in [0.05, 0.1) is 23.5 Å². The van der Waals surface area contributed by atoms with Gasteiger partial charge in [-0.15, -0.1) is 0 Å². The maximum atomic E-state index is 11.4. The van der Waals surface area contributed by atoms with Gasteiger partial charge in [-0.05, 0) is 25.0 Å². The lowest BCUT2D eigenvalue weighted by atomic mass is 10.1. The molecule has 1 amide bonds. The van der Waals surface area contributed by atoms with Gasteiger partial charge in [-0.2, -0.15) is 0 Å². The van der Waals surface area contributed by atoms with Crippen molar-refractivity contribution in [1.82, 2.24) is 0 Å². The molecule has 1 aromatic rings. The lowest BCUT2D eigenvalue weighted by Gasteiger charge is -2.33. The Morgan fingerprint density at radius 3 is 2.50 bits per heavy atom. The van der Waals surface area contributed by atoms with Crippen molar-refractivity contribution in [1.29, 1.82) is 0 Å². The summed E-state index contributed by atoms with van der Waals surface area (Å²) >= 11 is 0. The van der Waals surface area contributed by atoms with E-state index in [4.69, 9.17) is 16.2 Å². The van der Waals surface area contributed by atoms with E-state index in [9.17, 15) is 4.79 Å². The van der Waals surface area contributed by atoms with Gasteiger partial charge in [-0.1, -0.05) is 19.9 Å². The van der Waals surface area contributed by atoms with Crippen LogP contribution in [0.5, 0.6) is 0 Å². The van der Waals surface area contributed by atoms with Crippen molar-refractivity contribution in [2.45, 2.75) is 32.7 Å². The lowest BCUT2D eigenvalue weighted by molar-refractivity contribution is 0.100. The maximum absolute atomic E-state index is 11.4. The van der Waals surface area contributed by atoms with Crippen molar-refractivity contribution in [3.63, 3.8) is 0 Å². The molecule has 0 saturated heterocycles. The minimum atomic E-state index is -0.499. The number of hydrogen-bond donors (Lipinski definition) is 2. The number of hydrogen-bond acceptors (Lipinski definition) is 4. The van der Waals surface area contributed by atoms with Gasteiger partial charge in [-0.25, -0.2) is 0 Å². The molecule has 0 saturated carbocycles. The summed E-state index contributed by atoms with van der Waals surface area (Å²) < 4.78 is 5.18. The molecule has 0 unspecified atom stereocenters. The van der Waals surface area contributed by atoms with E-state index in [0.717, 1.165) is 25.1 Å². The van der Waals surface area contributed by atoms with E-state index in [-0.39, 0.29) is 0 Å². The zero-order chi connectivity index (χ0) is 15.1. The van der Waals surface area contributed by atoms with Gasteiger partial charge in [0.25, 0.3) is 5.91 Å². The van der Waals surface area contributed by atoms with Gasteiger partial charge in [0.2, 0.25) is 0 Å². The number of nitrogen functional groups attached to an aromatic ring is 1. The maximum Gasteiger partial charge on any atom is 0.250 e. The topological polar surface area (TPSA) is 81.6 Å². The van der Waals surface area contributed by atoms with Crippen molar-refractivity contribution in [3.05, 3.63) is 23.8 Å². The van der Waals surface area contributed by atoms with Gasteiger partial charge < -0.3 is 21.1 Å². The number of nitrogens with two attached hydrogens (primary N) is 2. The minimum absolute atomic E-state index is 0.357. The summed E-state index contributed by atoms with van der Waals surface area (Å²) in [6.07, 6.45) is 2.00. The molecule has 20 heavy (non-hydrogen) atoms. The number of methoxy groups -OCH3 is 1. The van der Waals surface area contributed by atoms with Gasteiger partial charge in [0, 0.05) is 19.7 Å². The Hall–Kier alpha value is -1.75. The van der Waals surface area contributed by atoms with E-state index in [0.29, 0.717) is 23.9 Å². The second-order valence-corrected chi connectivity index (χ2v) is 4.76. The minimum Gasteiger partial charge on any atom is -0.396 e. The number of amides is 1. The molecule has 112 valence electrons. The van der Waals surface area contributed by atoms with E-state index < -0.39 is 5.91 Å². The molecule has 5 nitrogen and oxygen atoms in total. The van der Waals surface area contributed by atoms with Crippen LogP contribution in [0.4, 0.5) is 11.4 Å².